The highest BCUT2D eigenvalue weighted by Gasteiger charge is 2.15. The van der Waals surface area contributed by atoms with Crippen molar-refractivity contribution in [3.63, 3.8) is 0 Å². The fourth-order valence-electron chi connectivity index (χ4n) is 1.72. The summed E-state index contributed by atoms with van der Waals surface area (Å²) in [5.74, 6) is 0.726. The molecule has 0 radical (unpaired) electrons. The number of Topliss-reactive ketones (excluding diaryl/α,β-unsaturated/α-hetero) is 1. The van der Waals surface area contributed by atoms with Gasteiger partial charge >= 0.3 is 0 Å². The van der Waals surface area contributed by atoms with Crippen LogP contribution in [0.5, 0.6) is 0 Å². The third kappa shape index (κ3) is 1.95. The normalized spacial score (nSPS) is 15.7. The molecule has 1 aromatic rings. The molecule has 3 nitrogen and oxygen atoms in total. The fraction of sp³-hybridized carbons (Fsp3) is 0.333. The highest BCUT2D eigenvalue weighted by molar-refractivity contribution is 6.33. The molecule has 1 aromatic heterocycles. The minimum absolute atomic E-state index is 0.0293. The van der Waals surface area contributed by atoms with Gasteiger partial charge in [-0.25, -0.2) is 4.98 Å². The van der Waals surface area contributed by atoms with Gasteiger partial charge in [0.25, 0.3) is 0 Å². The SMILES string of the molecule is CC(=O)c1cn(C)c(C2=C(Cl)CCC=C2)n1. The molecule has 0 aromatic carbocycles. The number of allylic oxidation sites excluding steroid dienone is 4. The van der Waals surface area contributed by atoms with E-state index in [1.54, 1.807) is 6.20 Å². The van der Waals surface area contributed by atoms with Crippen LogP contribution in [0.2, 0.25) is 0 Å². The van der Waals surface area contributed by atoms with Crippen LogP contribution in [0.3, 0.4) is 0 Å². The van der Waals surface area contributed by atoms with E-state index in [1.807, 2.05) is 17.7 Å². The van der Waals surface area contributed by atoms with Crippen molar-refractivity contribution < 1.29 is 4.79 Å². The smallest absolute Gasteiger partial charge is 0.179 e. The van der Waals surface area contributed by atoms with E-state index in [-0.39, 0.29) is 5.78 Å². The molecule has 1 heterocycles. The zero-order valence-electron chi connectivity index (χ0n) is 9.33. The quantitative estimate of drug-likeness (QED) is 0.740. The predicted molar refractivity (Wildman–Crippen MR) is 64.4 cm³/mol. The molecule has 0 saturated carbocycles. The topological polar surface area (TPSA) is 34.9 Å². The van der Waals surface area contributed by atoms with E-state index in [2.05, 4.69) is 11.1 Å². The lowest BCUT2D eigenvalue weighted by Crippen LogP contribution is -1.98. The summed E-state index contributed by atoms with van der Waals surface area (Å²) in [6, 6.07) is 0. The number of nitrogens with zero attached hydrogens (tertiary/aromatic N) is 2. The molecule has 0 aliphatic heterocycles. The number of hydrogen-bond acceptors (Lipinski definition) is 2. The van der Waals surface area contributed by atoms with Crippen molar-refractivity contribution >= 4 is 23.0 Å². The highest BCUT2D eigenvalue weighted by Crippen LogP contribution is 2.29. The molecule has 0 saturated heterocycles. The van der Waals surface area contributed by atoms with Crippen molar-refractivity contribution in [1.82, 2.24) is 9.55 Å². The first kappa shape index (κ1) is 11.1. The van der Waals surface area contributed by atoms with Crippen molar-refractivity contribution in [2.24, 2.45) is 7.05 Å². The summed E-state index contributed by atoms with van der Waals surface area (Å²) >= 11 is 6.17. The zero-order chi connectivity index (χ0) is 11.7. The molecule has 1 aliphatic carbocycles. The Morgan fingerprint density at radius 2 is 2.31 bits per heavy atom. The summed E-state index contributed by atoms with van der Waals surface area (Å²) in [4.78, 5) is 15.5. The average molecular weight is 237 g/mol. The summed E-state index contributed by atoms with van der Waals surface area (Å²) < 4.78 is 1.84. The van der Waals surface area contributed by atoms with E-state index in [4.69, 9.17) is 11.6 Å². The Hall–Kier alpha value is -1.35. The Morgan fingerprint density at radius 3 is 2.88 bits per heavy atom. The van der Waals surface area contributed by atoms with Crippen LogP contribution in [0.4, 0.5) is 0 Å². The lowest BCUT2D eigenvalue weighted by molar-refractivity contribution is 0.101. The average Bonchev–Trinajstić information content (AvgIpc) is 2.61. The minimum Gasteiger partial charge on any atom is -0.333 e. The third-order valence-corrected chi connectivity index (χ3v) is 2.98. The number of imidazole rings is 1. The van der Waals surface area contributed by atoms with Crippen LogP contribution < -0.4 is 0 Å². The summed E-state index contributed by atoms with van der Waals surface area (Å²) in [7, 11) is 1.87. The second-order valence-electron chi connectivity index (χ2n) is 3.88. The van der Waals surface area contributed by atoms with Gasteiger partial charge < -0.3 is 4.57 Å². The number of halogens is 1. The number of carbonyl (C=O) groups excluding carboxylic acids is 1. The maximum Gasteiger partial charge on any atom is 0.179 e. The van der Waals surface area contributed by atoms with Crippen LogP contribution in [0.25, 0.3) is 5.57 Å². The van der Waals surface area contributed by atoms with Gasteiger partial charge in [0.1, 0.15) is 11.5 Å². The van der Waals surface area contributed by atoms with Crippen molar-refractivity contribution in [3.05, 3.63) is 34.9 Å². The van der Waals surface area contributed by atoms with Crippen LogP contribution in [0.15, 0.2) is 23.4 Å². The van der Waals surface area contributed by atoms with Crippen LogP contribution >= 0.6 is 11.6 Å². The van der Waals surface area contributed by atoms with Gasteiger partial charge in [-0.15, -0.1) is 0 Å². The molecule has 0 atom stereocenters. The molecule has 84 valence electrons. The fourth-order valence-corrected chi connectivity index (χ4v) is 1.98. The molecule has 0 unspecified atom stereocenters. The summed E-state index contributed by atoms with van der Waals surface area (Å²) in [5, 5.41) is 0.811. The van der Waals surface area contributed by atoms with E-state index in [0.717, 1.165) is 29.3 Å². The molecule has 4 heteroatoms. The standard InChI is InChI=1S/C12H13ClN2O/c1-8(16)11-7-15(2)12(14-11)9-5-3-4-6-10(9)13/h3,5,7H,4,6H2,1-2H3. The van der Waals surface area contributed by atoms with Crippen molar-refractivity contribution in [3.8, 4) is 0 Å². The first-order valence-corrected chi connectivity index (χ1v) is 5.57. The van der Waals surface area contributed by atoms with Gasteiger partial charge in [0.15, 0.2) is 5.78 Å². The van der Waals surface area contributed by atoms with E-state index < -0.39 is 0 Å². The Balaban J connectivity index is 2.48. The zero-order valence-corrected chi connectivity index (χ0v) is 10.1. The summed E-state index contributed by atoms with van der Waals surface area (Å²) in [6.45, 7) is 1.51. The van der Waals surface area contributed by atoms with Crippen molar-refractivity contribution in [2.75, 3.05) is 0 Å². The molecular formula is C12H13ClN2O. The van der Waals surface area contributed by atoms with Crippen molar-refractivity contribution in [1.29, 1.82) is 0 Å². The van der Waals surface area contributed by atoms with Crippen LogP contribution in [-0.4, -0.2) is 15.3 Å². The lowest BCUT2D eigenvalue weighted by Gasteiger charge is -2.10. The Morgan fingerprint density at radius 1 is 1.56 bits per heavy atom. The van der Waals surface area contributed by atoms with E-state index in [0.29, 0.717) is 5.69 Å². The molecule has 2 rings (SSSR count). The molecule has 0 fully saturated rings. The number of carbonyl (C=O) groups is 1. The third-order valence-electron chi connectivity index (χ3n) is 2.59. The monoisotopic (exact) mass is 236 g/mol. The van der Waals surface area contributed by atoms with Gasteiger partial charge in [0.2, 0.25) is 0 Å². The highest BCUT2D eigenvalue weighted by atomic mass is 35.5. The van der Waals surface area contributed by atoms with Gasteiger partial charge in [0, 0.05) is 30.8 Å². The number of aryl methyl sites for hydroxylation is 1. The number of ketones is 1. The second-order valence-corrected chi connectivity index (χ2v) is 4.33. The van der Waals surface area contributed by atoms with Crippen LogP contribution in [0.1, 0.15) is 36.1 Å². The van der Waals surface area contributed by atoms with Gasteiger partial charge in [-0.3, -0.25) is 4.79 Å². The largest absolute Gasteiger partial charge is 0.333 e. The molecule has 0 spiro atoms. The van der Waals surface area contributed by atoms with Gasteiger partial charge in [0.05, 0.1) is 0 Å². The maximum atomic E-state index is 11.2. The Bertz CT molecular complexity index is 497. The minimum atomic E-state index is -0.0293. The second kappa shape index (κ2) is 4.26. The number of hydrogen-bond donors (Lipinski definition) is 0. The van der Waals surface area contributed by atoms with Crippen LogP contribution in [0, 0.1) is 0 Å². The molecular weight excluding hydrogens is 224 g/mol. The first-order valence-electron chi connectivity index (χ1n) is 5.19. The lowest BCUT2D eigenvalue weighted by atomic mass is 10.1. The van der Waals surface area contributed by atoms with Gasteiger partial charge in [-0.1, -0.05) is 23.8 Å². The van der Waals surface area contributed by atoms with Gasteiger partial charge in [-0.05, 0) is 12.8 Å². The molecule has 0 amide bonds. The van der Waals surface area contributed by atoms with Crippen molar-refractivity contribution in [2.45, 2.75) is 19.8 Å². The summed E-state index contributed by atoms with van der Waals surface area (Å²) in [6.07, 6.45) is 7.58. The van der Waals surface area contributed by atoms with Gasteiger partial charge in [-0.2, -0.15) is 0 Å². The summed E-state index contributed by atoms with van der Waals surface area (Å²) in [5.41, 5.74) is 1.40. The maximum absolute atomic E-state index is 11.2. The van der Waals surface area contributed by atoms with E-state index in [9.17, 15) is 4.79 Å². The number of rotatable bonds is 2. The molecule has 0 bridgehead atoms. The number of aromatic nitrogens is 2. The van der Waals surface area contributed by atoms with E-state index in [1.165, 1.54) is 6.92 Å². The molecule has 1 aliphatic rings. The molecule has 16 heavy (non-hydrogen) atoms. The first-order chi connectivity index (χ1) is 7.59. The van der Waals surface area contributed by atoms with E-state index >= 15 is 0 Å². The van der Waals surface area contributed by atoms with Crippen LogP contribution in [-0.2, 0) is 7.05 Å². The predicted octanol–water partition coefficient (Wildman–Crippen LogP) is 2.92. The molecule has 0 N–H and O–H groups in total. The Kier molecular flexibility index (Phi) is 2.97. The Labute approximate surface area is 99.4 Å².